The highest BCUT2D eigenvalue weighted by Gasteiger charge is 2.41. The minimum absolute atomic E-state index is 0.133. The maximum atomic E-state index is 12.6. The van der Waals surface area contributed by atoms with Crippen LogP contribution in [0.1, 0.15) is 18.6 Å². The molecule has 6 heteroatoms. The zero-order valence-corrected chi connectivity index (χ0v) is 13.6. The van der Waals surface area contributed by atoms with Gasteiger partial charge in [-0.1, -0.05) is 12.7 Å². The lowest BCUT2D eigenvalue weighted by atomic mass is 9.85. The van der Waals surface area contributed by atoms with Crippen molar-refractivity contribution in [1.82, 2.24) is 4.90 Å². The molecule has 118 valence electrons. The first-order valence-electron chi connectivity index (χ1n) is 7.25. The number of ether oxygens (including phenoxy) is 1. The fraction of sp³-hybridized carbons (Fsp3) is 0.294. The highest BCUT2D eigenvalue weighted by Crippen LogP contribution is 2.47. The fourth-order valence-electron chi connectivity index (χ4n) is 2.91. The van der Waals surface area contributed by atoms with E-state index in [9.17, 15) is 10.1 Å². The highest BCUT2D eigenvalue weighted by molar-refractivity contribution is 8.03. The number of nitrogens with zero attached hydrogens (tertiary/aromatic N) is 2. The van der Waals surface area contributed by atoms with Gasteiger partial charge in [-0.25, -0.2) is 4.79 Å². The van der Waals surface area contributed by atoms with Crippen molar-refractivity contribution in [1.29, 1.82) is 5.26 Å². The summed E-state index contributed by atoms with van der Waals surface area (Å²) in [6, 6.07) is 5.81. The Balaban J connectivity index is 2.13. The molecule has 1 atom stereocenters. The Kier molecular flexibility index (Phi) is 4.30. The van der Waals surface area contributed by atoms with Gasteiger partial charge in [-0.05, 0) is 19.1 Å². The van der Waals surface area contributed by atoms with Crippen molar-refractivity contribution < 1.29 is 13.9 Å². The van der Waals surface area contributed by atoms with Gasteiger partial charge in [0.1, 0.15) is 12.4 Å². The molecule has 3 rings (SSSR count). The molecule has 1 saturated heterocycles. The van der Waals surface area contributed by atoms with Gasteiger partial charge in [-0.15, -0.1) is 11.8 Å². The van der Waals surface area contributed by atoms with Gasteiger partial charge in [0.2, 0.25) is 0 Å². The number of nitriles is 1. The van der Waals surface area contributed by atoms with E-state index in [1.807, 2.05) is 11.8 Å². The van der Waals surface area contributed by atoms with Crippen molar-refractivity contribution in [3.63, 3.8) is 0 Å². The van der Waals surface area contributed by atoms with Crippen molar-refractivity contribution in [2.75, 3.05) is 18.9 Å². The smallest absolute Gasteiger partial charge is 0.337 e. The van der Waals surface area contributed by atoms with Crippen LogP contribution in [-0.4, -0.2) is 29.8 Å². The van der Waals surface area contributed by atoms with E-state index in [4.69, 9.17) is 9.15 Å². The van der Waals surface area contributed by atoms with E-state index in [0.717, 1.165) is 23.0 Å². The Bertz CT molecular complexity index is 740. The number of furan rings is 1. The normalized spacial score (nSPS) is 20.3. The molecule has 1 fully saturated rings. The molecule has 1 unspecified atom stereocenters. The van der Waals surface area contributed by atoms with Gasteiger partial charge in [0, 0.05) is 18.0 Å². The third-order valence-electron chi connectivity index (χ3n) is 3.90. The third-order valence-corrected chi connectivity index (χ3v) is 5.00. The maximum absolute atomic E-state index is 12.6. The molecule has 2 aliphatic heterocycles. The molecule has 1 aromatic rings. The third kappa shape index (κ3) is 2.57. The van der Waals surface area contributed by atoms with Crippen LogP contribution in [0.5, 0.6) is 0 Å². The van der Waals surface area contributed by atoms with Crippen LogP contribution in [0.2, 0.25) is 0 Å². The predicted molar refractivity (Wildman–Crippen MR) is 87.1 cm³/mol. The summed E-state index contributed by atoms with van der Waals surface area (Å²) in [6.07, 6.45) is 3.07. The maximum Gasteiger partial charge on any atom is 0.337 e. The standard InChI is InChI=1S/C17H16N2O3S/c1-3-7-22-17(20)14-11(2)19-6-9-23-16(19)12(10-18)15(14)13-5-4-8-21-13/h3-5,8,15H,1,6-7,9H2,2H3. The van der Waals surface area contributed by atoms with Crippen LogP contribution >= 0.6 is 11.8 Å². The summed E-state index contributed by atoms with van der Waals surface area (Å²) in [7, 11) is 0. The number of allylic oxidation sites excluding steroid dienone is 2. The van der Waals surface area contributed by atoms with Crippen LogP contribution in [0, 0.1) is 11.3 Å². The first-order valence-corrected chi connectivity index (χ1v) is 8.24. The molecule has 0 aliphatic carbocycles. The predicted octanol–water partition coefficient (Wildman–Crippen LogP) is 3.16. The summed E-state index contributed by atoms with van der Waals surface area (Å²) in [4.78, 5) is 14.6. The van der Waals surface area contributed by atoms with Gasteiger partial charge in [0.15, 0.2) is 0 Å². The van der Waals surface area contributed by atoms with E-state index in [0.29, 0.717) is 16.9 Å². The second kappa shape index (κ2) is 6.39. The summed E-state index contributed by atoms with van der Waals surface area (Å²) in [5.41, 5.74) is 1.82. The van der Waals surface area contributed by atoms with E-state index in [1.165, 1.54) is 6.08 Å². The molecule has 0 radical (unpaired) electrons. The molecule has 0 aromatic carbocycles. The van der Waals surface area contributed by atoms with Crippen LogP contribution in [0.3, 0.4) is 0 Å². The lowest BCUT2D eigenvalue weighted by molar-refractivity contribution is -0.138. The number of fused-ring (bicyclic) bond motifs is 1. The van der Waals surface area contributed by atoms with Gasteiger partial charge < -0.3 is 14.1 Å². The van der Waals surface area contributed by atoms with Crippen LogP contribution < -0.4 is 0 Å². The summed E-state index contributed by atoms with van der Waals surface area (Å²) in [6.45, 7) is 6.36. The second-order valence-corrected chi connectivity index (χ2v) is 6.25. The molecule has 0 N–H and O–H groups in total. The molecular weight excluding hydrogens is 312 g/mol. The van der Waals surface area contributed by atoms with E-state index >= 15 is 0 Å². The Morgan fingerprint density at radius 3 is 3.17 bits per heavy atom. The lowest BCUT2D eigenvalue weighted by Crippen LogP contribution is -2.30. The molecule has 0 saturated carbocycles. The Hall–Kier alpha value is -2.39. The number of hydrogen-bond acceptors (Lipinski definition) is 6. The Morgan fingerprint density at radius 1 is 1.70 bits per heavy atom. The van der Waals surface area contributed by atoms with E-state index < -0.39 is 11.9 Å². The minimum atomic E-state index is -0.524. The van der Waals surface area contributed by atoms with Crippen molar-refractivity contribution in [2.45, 2.75) is 12.8 Å². The van der Waals surface area contributed by atoms with Crippen molar-refractivity contribution in [2.24, 2.45) is 0 Å². The Labute approximate surface area is 138 Å². The molecule has 2 aliphatic rings. The fourth-order valence-corrected chi connectivity index (χ4v) is 4.08. The molecular formula is C17H16N2O3S. The van der Waals surface area contributed by atoms with Gasteiger partial charge in [-0.3, -0.25) is 0 Å². The average molecular weight is 328 g/mol. The number of carbonyl (C=O) groups excluding carboxylic acids is 1. The van der Waals surface area contributed by atoms with Crippen LogP contribution in [-0.2, 0) is 9.53 Å². The Morgan fingerprint density at radius 2 is 2.52 bits per heavy atom. The van der Waals surface area contributed by atoms with Crippen molar-refractivity contribution >= 4 is 17.7 Å². The second-order valence-electron chi connectivity index (χ2n) is 5.17. The number of thioether (sulfide) groups is 1. The van der Waals surface area contributed by atoms with Crippen LogP contribution in [0.15, 0.2) is 57.3 Å². The molecule has 3 heterocycles. The lowest BCUT2D eigenvalue weighted by Gasteiger charge is -2.32. The molecule has 23 heavy (non-hydrogen) atoms. The van der Waals surface area contributed by atoms with Gasteiger partial charge in [0.25, 0.3) is 0 Å². The number of hydrogen-bond donors (Lipinski definition) is 0. The topological polar surface area (TPSA) is 66.5 Å². The first-order chi connectivity index (χ1) is 11.2. The number of carbonyl (C=O) groups is 1. The SMILES string of the molecule is C=CCOC(=O)C1=C(C)N2CCSC2=C(C#N)C1c1ccco1. The van der Waals surface area contributed by atoms with Crippen LogP contribution in [0.4, 0.5) is 0 Å². The quantitative estimate of drug-likeness (QED) is 0.625. The summed E-state index contributed by atoms with van der Waals surface area (Å²) in [5.74, 6) is 0.500. The molecule has 0 amide bonds. The molecule has 0 bridgehead atoms. The summed E-state index contributed by atoms with van der Waals surface area (Å²) < 4.78 is 10.8. The zero-order chi connectivity index (χ0) is 16.4. The average Bonchev–Trinajstić information content (AvgIpc) is 3.23. The molecule has 0 spiro atoms. The first kappa shape index (κ1) is 15.5. The van der Waals surface area contributed by atoms with E-state index in [1.54, 1.807) is 30.2 Å². The van der Waals surface area contributed by atoms with Gasteiger partial charge in [-0.2, -0.15) is 5.26 Å². The van der Waals surface area contributed by atoms with Crippen molar-refractivity contribution in [3.05, 3.63) is 58.7 Å². The summed E-state index contributed by atoms with van der Waals surface area (Å²) in [5, 5.41) is 10.6. The zero-order valence-electron chi connectivity index (χ0n) is 12.7. The number of esters is 1. The van der Waals surface area contributed by atoms with Crippen LogP contribution in [0.25, 0.3) is 0 Å². The summed E-state index contributed by atoms with van der Waals surface area (Å²) >= 11 is 1.63. The largest absolute Gasteiger partial charge is 0.468 e. The molecule has 1 aromatic heterocycles. The van der Waals surface area contributed by atoms with E-state index in [2.05, 4.69) is 12.6 Å². The molecule has 5 nitrogen and oxygen atoms in total. The number of rotatable bonds is 4. The monoisotopic (exact) mass is 328 g/mol. The van der Waals surface area contributed by atoms with Gasteiger partial charge in [0.05, 0.1) is 34.4 Å². The van der Waals surface area contributed by atoms with E-state index in [-0.39, 0.29) is 6.61 Å². The van der Waals surface area contributed by atoms with Gasteiger partial charge >= 0.3 is 5.97 Å². The highest BCUT2D eigenvalue weighted by atomic mass is 32.2. The minimum Gasteiger partial charge on any atom is -0.468 e. The van der Waals surface area contributed by atoms with Crippen molar-refractivity contribution in [3.8, 4) is 6.07 Å².